The van der Waals surface area contributed by atoms with Gasteiger partial charge < -0.3 is 15.0 Å². The quantitative estimate of drug-likeness (QED) is 0.753. The van der Waals surface area contributed by atoms with E-state index in [9.17, 15) is 4.79 Å². The van der Waals surface area contributed by atoms with E-state index in [2.05, 4.69) is 10.3 Å². The molecule has 3 rings (SSSR count). The van der Waals surface area contributed by atoms with Gasteiger partial charge in [-0.3, -0.25) is 4.79 Å². The molecule has 0 aliphatic heterocycles. The van der Waals surface area contributed by atoms with Crippen molar-refractivity contribution in [1.29, 1.82) is 0 Å². The molecule has 4 nitrogen and oxygen atoms in total. The van der Waals surface area contributed by atoms with Crippen LogP contribution in [0.5, 0.6) is 5.75 Å². The lowest BCUT2D eigenvalue weighted by Gasteiger charge is -2.09. The highest BCUT2D eigenvalue weighted by Gasteiger charge is 2.04. The number of aromatic nitrogens is 1. The lowest BCUT2D eigenvalue weighted by atomic mass is 10.1. The fraction of sp³-hybridized carbons (Fsp3) is 0.211. The van der Waals surface area contributed by atoms with Gasteiger partial charge in [-0.15, -0.1) is 0 Å². The topological polar surface area (TPSA) is 54.1 Å². The first-order chi connectivity index (χ1) is 11.2. The number of ether oxygens (including phenoxy) is 1. The summed E-state index contributed by atoms with van der Waals surface area (Å²) in [7, 11) is 0. The summed E-state index contributed by atoms with van der Waals surface area (Å²) < 4.78 is 5.42. The van der Waals surface area contributed by atoms with E-state index in [0.29, 0.717) is 13.2 Å². The molecule has 0 bridgehead atoms. The summed E-state index contributed by atoms with van der Waals surface area (Å²) in [6, 6.07) is 15.7. The van der Waals surface area contributed by atoms with Gasteiger partial charge in [-0.25, -0.2) is 0 Å². The SMILES string of the molecule is CCOc1ccc(NCc2cc3cccc(C)c3[nH]c2=O)cc1. The molecule has 0 aliphatic carbocycles. The summed E-state index contributed by atoms with van der Waals surface area (Å²) in [5.41, 5.74) is 3.60. The number of anilines is 1. The minimum Gasteiger partial charge on any atom is -0.494 e. The molecule has 0 fully saturated rings. The summed E-state index contributed by atoms with van der Waals surface area (Å²) in [6.45, 7) is 5.09. The Morgan fingerprint density at radius 3 is 2.65 bits per heavy atom. The summed E-state index contributed by atoms with van der Waals surface area (Å²) >= 11 is 0. The van der Waals surface area contributed by atoms with E-state index in [1.54, 1.807) is 0 Å². The Labute approximate surface area is 135 Å². The molecule has 0 saturated heterocycles. The smallest absolute Gasteiger partial charge is 0.253 e. The molecule has 0 amide bonds. The van der Waals surface area contributed by atoms with E-state index in [1.807, 2.05) is 62.4 Å². The predicted molar refractivity (Wildman–Crippen MR) is 94.2 cm³/mol. The molecule has 0 spiro atoms. The highest BCUT2D eigenvalue weighted by Crippen LogP contribution is 2.18. The number of nitrogens with one attached hydrogen (secondary N) is 2. The third-order valence-electron chi connectivity index (χ3n) is 3.81. The predicted octanol–water partition coefficient (Wildman–Crippen LogP) is 3.85. The van der Waals surface area contributed by atoms with Crippen LogP contribution >= 0.6 is 0 Å². The first kappa shape index (κ1) is 15.2. The molecule has 0 saturated carbocycles. The van der Waals surface area contributed by atoms with E-state index in [1.165, 1.54) is 0 Å². The second kappa shape index (κ2) is 6.57. The van der Waals surface area contributed by atoms with Gasteiger partial charge in [0, 0.05) is 17.8 Å². The molecule has 118 valence electrons. The van der Waals surface area contributed by atoms with Crippen LogP contribution in [0, 0.1) is 6.92 Å². The average molecular weight is 308 g/mol. The van der Waals surface area contributed by atoms with Crippen molar-refractivity contribution in [3.05, 3.63) is 70.0 Å². The molecule has 1 heterocycles. The van der Waals surface area contributed by atoms with Gasteiger partial charge in [-0.2, -0.15) is 0 Å². The van der Waals surface area contributed by atoms with Gasteiger partial charge in [-0.05, 0) is 55.1 Å². The van der Waals surface area contributed by atoms with Crippen molar-refractivity contribution in [2.45, 2.75) is 20.4 Å². The molecule has 4 heteroatoms. The number of rotatable bonds is 5. The molecule has 2 aromatic carbocycles. The van der Waals surface area contributed by atoms with E-state index >= 15 is 0 Å². The van der Waals surface area contributed by atoms with Crippen molar-refractivity contribution in [3.8, 4) is 5.75 Å². The Morgan fingerprint density at radius 2 is 1.91 bits per heavy atom. The van der Waals surface area contributed by atoms with E-state index in [0.717, 1.165) is 33.5 Å². The van der Waals surface area contributed by atoms with Gasteiger partial charge in [0.1, 0.15) is 5.75 Å². The molecular weight excluding hydrogens is 288 g/mol. The molecule has 0 unspecified atom stereocenters. The van der Waals surface area contributed by atoms with Crippen LogP contribution in [0.25, 0.3) is 10.9 Å². The van der Waals surface area contributed by atoms with Crippen molar-refractivity contribution in [2.75, 3.05) is 11.9 Å². The Bertz CT molecular complexity index is 867. The summed E-state index contributed by atoms with van der Waals surface area (Å²) in [4.78, 5) is 15.2. The molecule has 2 N–H and O–H groups in total. The third kappa shape index (κ3) is 3.37. The number of para-hydroxylation sites is 1. The molecule has 0 aliphatic rings. The van der Waals surface area contributed by atoms with Crippen LogP contribution in [0.2, 0.25) is 0 Å². The zero-order valence-electron chi connectivity index (χ0n) is 13.3. The van der Waals surface area contributed by atoms with Crippen LogP contribution in [0.1, 0.15) is 18.1 Å². The Morgan fingerprint density at radius 1 is 1.13 bits per heavy atom. The standard InChI is InChI=1S/C19H20N2O2/c1-3-23-17-9-7-16(8-10-17)20-12-15-11-14-6-4-5-13(2)18(14)21-19(15)22/h4-11,20H,3,12H2,1-2H3,(H,21,22). The number of hydrogen-bond acceptors (Lipinski definition) is 3. The second-order valence-corrected chi connectivity index (χ2v) is 5.47. The van der Waals surface area contributed by atoms with Crippen molar-refractivity contribution in [3.63, 3.8) is 0 Å². The minimum absolute atomic E-state index is 0.0507. The van der Waals surface area contributed by atoms with Gasteiger partial charge in [0.2, 0.25) is 0 Å². The van der Waals surface area contributed by atoms with Crippen LogP contribution in [0.4, 0.5) is 5.69 Å². The Kier molecular flexibility index (Phi) is 4.33. The first-order valence-electron chi connectivity index (χ1n) is 7.75. The molecular formula is C19H20N2O2. The number of aryl methyl sites for hydroxylation is 1. The van der Waals surface area contributed by atoms with Gasteiger partial charge >= 0.3 is 0 Å². The molecule has 3 aromatic rings. The zero-order chi connectivity index (χ0) is 16.2. The largest absolute Gasteiger partial charge is 0.494 e. The maximum Gasteiger partial charge on any atom is 0.253 e. The Balaban J connectivity index is 1.79. The number of aromatic amines is 1. The van der Waals surface area contributed by atoms with E-state index in [-0.39, 0.29) is 5.56 Å². The molecule has 0 radical (unpaired) electrons. The third-order valence-corrected chi connectivity index (χ3v) is 3.81. The number of fused-ring (bicyclic) bond motifs is 1. The van der Waals surface area contributed by atoms with Gasteiger partial charge in [-0.1, -0.05) is 18.2 Å². The van der Waals surface area contributed by atoms with Crippen LogP contribution in [0.3, 0.4) is 0 Å². The van der Waals surface area contributed by atoms with Crippen molar-refractivity contribution < 1.29 is 4.74 Å². The first-order valence-corrected chi connectivity index (χ1v) is 7.75. The number of pyridine rings is 1. The summed E-state index contributed by atoms with van der Waals surface area (Å²) in [5.74, 6) is 0.845. The highest BCUT2D eigenvalue weighted by molar-refractivity contribution is 5.81. The van der Waals surface area contributed by atoms with Crippen molar-refractivity contribution in [1.82, 2.24) is 4.98 Å². The second-order valence-electron chi connectivity index (χ2n) is 5.47. The summed E-state index contributed by atoms with van der Waals surface area (Å²) in [5, 5.41) is 4.32. The lowest BCUT2D eigenvalue weighted by Crippen LogP contribution is -2.16. The van der Waals surface area contributed by atoms with Crippen LogP contribution in [-0.2, 0) is 6.54 Å². The van der Waals surface area contributed by atoms with Crippen molar-refractivity contribution >= 4 is 16.6 Å². The molecule has 1 aromatic heterocycles. The maximum atomic E-state index is 12.2. The fourth-order valence-electron chi connectivity index (χ4n) is 2.59. The Hall–Kier alpha value is -2.75. The van der Waals surface area contributed by atoms with Gasteiger partial charge in [0.15, 0.2) is 0 Å². The highest BCUT2D eigenvalue weighted by atomic mass is 16.5. The van der Waals surface area contributed by atoms with E-state index < -0.39 is 0 Å². The molecule has 0 atom stereocenters. The number of hydrogen-bond donors (Lipinski definition) is 2. The van der Waals surface area contributed by atoms with Crippen LogP contribution in [0.15, 0.2) is 53.3 Å². The van der Waals surface area contributed by atoms with Crippen molar-refractivity contribution in [2.24, 2.45) is 0 Å². The monoisotopic (exact) mass is 308 g/mol. The van der Waals surface area contributed by atoms with Gasteiger partial charge in [0.25, 0.3) is 5.56 Å². The number of H-pyrrole nitrogens is 1. The van der Waals surface area contributed by atoms with E-state index in [4.69, 9.17) is 4.74 Å². The van der Waals surface area contributed by atoms with Crippen LogP contribution in [-0.4, -0.2) is 11.6 Å². The lowest BCUT2D eigenvalue weighted by molar-refractivity contribution is 0.340. The zero-order valence-corrected chi connectivity index (χ0v) is 13.3. The van der Waals surface area contributed by atoms with Crippen LogP contribution < -0.4 is 15.6 Å². The van der Waals surface area contributed by atoms with Gasteiger partial charge in [0.05, 0.1) is 12.1 Å². The fourth-order valence-corrected chi connectivity index (χ4v) is 2.59. The number of benzene rings is 2. The molecule has 23 heavy (non-hydrogen) atoms. The minimum atomic E-state index is -0.0507. The normalized spacial score (nSPS) is 10.7. The maximum absolute atomic E-state index is 12.2. The average Bonchev–Trinajstić information content (AvgIpc) is 2.55. The summed E-state index contributed by atoms with van der Waals surface area (Å²) in [6.07, 6.45) is 0.